The molecule has 0 aliphatic carbocycles. The fourth-order valence-corrected chi connectivity index (χ4v) is 3.27. The number of nitrogens with one attached hydrogen (secondary N) is 1. The van der Waals surface area contributed by atoms with Crippen molar-refractivity contribution in [3.05, 3.63) is 39.3 Å². The molecular formula is C13H18BrN3S. The van der Waals surface area contributed by atoms with Crippen LogP contribution in [0.15, 0.2) is 34.4 Å². The third kappa shape index (κ3) is 3.43. The Morgan fingerprint density at radius 2 is 2.28 bits per heavy atom. The molecule has 0 aliphatic heterocycles. The van der Waals surface area contributed by atoms with Gasteiger partial charge in [0.25, 0.3) is 0 Å². The van der Waals surface area contributed by atoms with E-state index in [0.29, 0.717) is 12.7 Å². The van der Waals surface area contributed by atoms with Gasteiger partial charge in [0.05, 0.1) is 17.3 Å². The van der Waals surface area contributed by atoms with Gasteiger partial charge in [-0.05, 0) is 32.8 Å². The third-order valence-electron chi connectivity index (χ3n) is 2.75. The summed E-state index contributed by atoms with van der Waals surface area (Å²) in [5.74, 6) is 0. The largest absolute Gasteiger partial charge is 0.290 e. The van der Waals surface area contributed by atoms with Gasteiger partial charge in [0.2, 0.25) is 0 Å². The lowest BCUT2D eigenvalue weighted by Crippen LogP contribution is -2.33. The van der Waals surface area contributed by atoms with Crippen molar-refractivity contribution in [2.45, 2.75) is 33.5 Å². The zero-order chi connectivity index (χ0) is 13.2. The number of halogens is 1. The van der Waals surface area contributed by atoms with Gasteiger partial charge in [-0.3, -0.25) is 10.00 Å². The zero-order valence-corrected chi connectivity index (χ0v) is 13.3. The first-order valence-corrected chi connectivity index (χ1v) is 7.59. The maximum Gasteiger partial charge on any atom is 0.0909 e. The Hall–Kier alpha value is -0.650. The van der Waals surface area contributed by atoms with Crippen LogP contribution in [0.5, 0.6) is 0 Å². The van der Waals surface area contributed by atoms with E-state index in [-0.39, 0.29) is 5.41 Å². The van der Waals surface area contributed by atoms with Crippen LogP contribution in [-0.4, -0.2) is 9.78 Å². The Balaban J connectivity index is 2.07. The van der Waals surface area contributed by atoms with Gasteiger partial charge in [-0.2, -0.15) is 5.10 Å². The maximum atomic E-state index is 4.26. The summed E-state index contributed by atoms with van der Waals surface area (Å²) in [4.78, 5) is 1.37. The van der Waals surface area contributed by atoms with Crippen LogP contribution in [0.1, 0.15) is 31.7 Å². The molecule has 0 saturated carbocycles. The van der Waals surface area contributed by atoms with Gasteiger partial charge in [0.1, 0.15) is 0 Å². The Kier molecular flexibility index (Phi) is 4.25. The van der Waals surface area contributed by atoms with E-state index in [1.54, 1.807) is 17.5 Å². The molecule has 0 fully saturated rings. The van der Waals surface area contributed by atoms with Crippen molar-refractivity contribution in [3.63, 3.8) is 0 Å². The molecule has 1 atom stereocenters. The Bertz CT molecular complexity index is 485. The summed E-state index contributed by atoms with van der Waals surface area (Å²) in [6, 6.07) is 4.62. The second kappa shape index (κ2) is 5.55. The highest BCUT2D eigenvalue weighted by Gasteiger charge is 2.26. The highest BCUT2D eigenvalue weighted by Crippen LogP contribution is 2.35. The first kappa shape index (κ1) is 13.8. The number of hydrogen-bond acceptors (Lipinski definition) is 3. The number of thiophene rings is 1. The highest BCUT2D eigenvalue weighted by atomic mass is 79.9. The van der Waals surface area contributed by atoms with Crippen molar-refractivity contribution in [1.29, 1.82) is 0 Å². The van der Waals surface area contributed by atoms with Crippen LogP contribution in [-0.2, 0) is 6.67 Å². The average Bonchev–Trinajstić information content (AvgIpc) is 2.88. The summed E-state index contributed by atoms with van der Waals surface area (Å²) < 4.78 is 2.91. The van der Waals surface area contributed by atoms with E-state index in [0.717, 1.165) is 4.47 Å². The first-order valence-electron chi connectivity index (χ1n) is 5.91. The topological polar surface area (TPSA) is 29.9 Å². The third-order valence-corrected chi connectivity index (χ3v) is 4.10. The van der Waals surface area contributed by atoms with Crippen molar-refractivity contribution in [3.8, 4) is 0 Å². The molecule has 2 heterocycles. The quantitative estimate of drug-likeness (QED) is 0.918. The average molecular weight is 328 g/mol. The van der Waals surface area contributed by atoms with Gasteiger partial charge in [-0.1, -0.05) is 26.8 Å². The molecule has 2 aromatic heterocycles. The van der Waals surface area contributed by atoms with Gasteiger partial charge >= 0.3 is 0 Å². The van der Waals surface area contributed by atoms with Crippen LogP contribution in [0.4, 0.5) is 0 Å². The van der Waals surface area contributed by atoms with Gasteiger partial charge in [0.15, 0.2) is 0 Å². The minimum absolute atomic E-state index is 0.176. The van der Waals surface area contributed by atoms with E-state index in [1.165, 1.54) is 4.88 Å². The molecule has 18 heavy (non-hydrogen) atoms. The molecule has 0 saturated heterocycles. The monoisotopic (exact) mass is 327 g/mol. The van der Waals surface area contributed by atoms with Crippen LogP contribution in [0.25, 0.3) is 0 Å². The minimum Gasteiger partial charge on any atom is -0.290 e. The summed E-state index contributed by atoms with van der Waals surface area (Å²) in [5, 5.41) is 9.97. The second-order valence-corrected chi connectivity index (χ2v) is 7.27. The predicted octanol–water partition coefficient (Wildman–Crippen LogP) is 4.04. The molecule has 0 aliphatic rings. The lowest BCUT2D eigenvalue weighted by molar-refractivity contribution is 0.255. The Morgan fingerprint density at radius 3 is 2.78 bits per heavy atom. The molecule has 1 N–H and O–H groups in total. The number of nitrogens with zero attached hydrogens (tertiary/aromatic N) is 2. The lowest BCUT2D eigenvalue weighted by Gasteiger charge is -2.31. The van der Waals surface area contributed by atoms with Crippen LogP contribution < -0.4 is 5.32 Å². The normalized spacial score (nSPS) is 13.8. The predicted molar refractivity (Wildman–Crippen MR) is 79.6 cm³/mol. The van der Waals surface area contributed by atoms with E-state index in [9.17, 15) is 0 Å². The second-order valence-electron chi connectivity index (χ2n) is 5.37. The van der Waals surface area contributed by atoms with Crippen LogP contribution in [0.3, 0.4) is 0 Å². The summed E-state index contributed by atoms with van der Waals surface area (Å²) >= 11 is 5.21. The molecule has 98 valence electrons. The van der Waals surface area contributed by atoms with Crippen LogP contribution in [0, 0.1) is 5.41 Å². The van der Waals surface area contributed by atoms with E-state index in [2.05, 4.69) is 64.6 Å². The molecule has 0 bridgehead atoms. The molecule has 2 rings (SSSR count). The zero-order valence-electron chi connectivity index (χ0n) is 10.9. The number of rotatable bonds is 4. The molecule has 2 aromatic rings. The summed E-state index contributed by atoms with van der Waals surface area (Å²) in [7, 11) is 0. The van der Waals surface area contributed by atoms with Crippen molar-refractivity contribution in [1.82, 2.24) is 15.1 Å². The number of aromatic nitrogens is 2. The maximum absolute atomic E-state index is 4.26. The highest BCUT2D eigenvalue weighted by molar-refractivity contribution is 9.10. The van der Waals surface area contributed by atoms with E-state index in [1.807, 2.05) is 10.9 Å². The summed E-state index contributed by atoms with van der Waals surface area (Å²) in [6.45, 7) is 7.47. The molecular weight excluding hydrogens is 310 g/mol. The standard InChI is InChI=1S/C13H18BrN3S/c1-13(2,3)12(11-5-4-6-18-11)15-9-17-8-10(14)7-16-17/h4-8,12,15H,9H2,1-3H3. The van der Waals surface area contributed by atoms with Crippen molar-refractivity contribution >= 4 is 27.3 Å². The molecule has 0 spiro atoms. The van der Waals surface area contributed by atoms with Gasteiger partial charge in [-0.25, -0.2) is 0 Å². The van der Waals surface area contributed by atoms with E-state index in [4.69, 9.17) is 0 Å². The van der Waals surface area contributed by atoms with Gasteiger partial charge < -0.3 is 0 Å². The SMILES string of the molecule is CC(C)(C)C(NCn1cc(Br)cn1)c1cccs1. The minimum atomic E-state index is 0.176. The van der Waals surface area contributed by atoms with E-state index < -0.39 is 0 Å². The molecule has 0 amide bonds. The molecule has 5 heteroatoms. The summed E-state index contributed by atoms with van der Waals surface area (Å²) in [5.41, 5.74) is 0.176. The fraction of sp³-hybridized carbons (Fsp3) is 0.462. The van der Waals surface area contributed by atoms with Crippen LogP contribution in [0.2, 0.25) is 0 Å². The Labute approximate surface area is 120 Å². The summed E-state index contributed by atoms with van der Waals surface area (Å²) in [6.07, 6.45) is 3.78. The van der Waals surface area contributed by atoms with Gasteiger partial charge in [-0.15, -0.1) is 11.3 Å². The van der Waals surface area contributed by atoms with E-state index >= 15 is 0 Å². The van der Waals surface area contributed by atoms with Crippen LogP contribution >= 0.6 is 27.3 Å². The molecule has 0 aromatic carbocycles. The lowest BCUT2D eigenvalue weighted by atomic mass is 9.86. The molecule has 0 radical (unpaired) electrons. The smallest absolute Gasteiger partial charge is 0.0909 e. The van der Waals surface area contributed by atoms with Crippen molar-refractivity contribution in [2.24, 2.45) is 5.41 Å². The Morgan fingerprint density at radius 1 is 1.50 bits per heavy atom. The van der Waals surface area contributed by atoms with Crippen molar-refractivity contribution in [2.75, 3.05) is 0 Å². The van der Waals surface area contributed by atoms with Gasteiger partial charge in [0, 0.05) is 17.1 Å². The molecule has 3 nitrogen and oxygen atoms in total. The molecule has 1 unspecified atom stereocenters. The first-order chi connectivity index (χ1) is 8.47. The fourth-order valence-electron chi connectivity index (χ4n) is 1.90. The van der Waals surface area contributed by atoms with Crippen molar-refractivity contribution < 1.29 is 0 Å². The number of hydrogen-bond donors (Lipinski definition) is 1.